The third kappa shape index (κ3) is 6.84. The van der Waals surface area contributed by atoms with Crippen molar-refractivity contribution in [3.63, 3.8) is 0 Å². The highest BCUT2D eigenvalue weighted by atomic mass is 32.2. The van der Waals surface area contributed by atoms with E-state index in [1.54, 1.807) is 12.2 Å². The second-order valence-corrected chi connectivity index (χ2v) is 8.10. The summed E-state index contributed by atoms with van der Waals surface area (Å²) < 4.78 is 63.0. The number of carbonyl (C=O) groups excluding carboxylic acids is 2. The molecule has 0 radical (unpaired) electrons. The molecule has 2 aromatic carbocycles. The molecule has 0 unspecified atom stereocenters. The third-order valence-electron chi connectivity index (χ3n) is 3.99. The molecule has 0 fully saturated rings. The highest BCUT2D eigenvalue weighted by molar-refractivity contribution is 7.89. The standard InChI is InChI=1S/C20H18F3N3O4S/c1-3-10-25-31(29,30)16-8-6-14(7-9-16)19(28)26-17-11-15(5-4-13(17)2)18(27)24-12-20(21,22)23/h1,4-9,11,25H,10,12H2,2H3,(H,24,27)(H,26,28). The number of benzene rings is 2. The van der Waals surface area contributed by atoms with Gasteiger partial charge in [-0.15, -0.1) is 6.42 Å². The molecule has 164 valence electrons. The van der Waals surface area contributed by atoms with E-state index >= 15 is 0 Å². The smallest absolute Gasteiger partial charge is 0.343 e. The van der Waals surface area contributed by atoms with Crippen LogP contribution in [0, 0.1) is 19.3 Å². The van der Waals surface area contributed by atoms with E-state index in [0.29, 0.717) is 5.56 Å². The van der Waals surface area contributed by atoms with E-state index in [4.69, 9.17) is 6.42 Å². The minimum absolute atomic E-state index is 0.0637. The quantitative estimate of drug-likeness (QED) is 0.560. The molecule has 0 saturated heterocycles. The topological polar surface area (TPSA) is 104 Å². The van der Waals surface area contributed by atoms with E-state index in [2.05, 4.69) is 16.0 Å². The van der Waals surface area contributed by atoms with Gasteiger partial charge in [0.15, 0.2) is 0 Å². The molecule has 2 amide bonds. The van der Waals surface area contributed by atoms with Crippen molar-refractivity contribution < 1.29 is 31.2 Å². The van der Waals surface area contributed by atoms with Gasteiger partial charge in [-0.05, 0) is 48.9 Å². The monoisotopic (exact) mass is 453 g/mol. The molecule has 2 rings (SSSR count). The van der Waals surface area contributed by atoms with Crippen molar-refractivity contribution in [2.45, 2.75) is 18.0 Å². The normalized spacial score (nSPS) is 11.5. The maximum absolute atomic E-state index is 12.5. The lowest BCUT2D eigenvalue weighted by molar-refractivity contribution is -0.123. The van der Waals surface area contributed by atoms with Crippen molar-refractivity contribution in [1.82, 2.24) is 10.0 Å². The van der Waals surface area contributed by atoms with Gasteiger partial charge in [0.25, 0.3) is 11.8 Å². The number of nitrogens with one attached hydrogen (secondary N) is 3. The highest BCUT2D eigenvalue weighted by Crippen LogP contribution is 2.19. The second kappa shape index (κ2) is 9.63. The average Bonchev–Trinajstić information content (AvgIpc) is 2.71. The fourth-order valence-corrected chi connectivity index (χ4v) is 3.31. The van der Waals surface area contributed by atoms with Gasteiger partial charge >= 0.3 is 6.18 Å². The molecule has 0 aliphatic carbocycles. The zero-order valence-corrected chi connectivity index (χ0v) is 17.0. The second-order valence-electron chi connectivity index (χ2n) is 6.33. The van der Waals surface area contributed by atoms with E-state index in [1.165, 1.54) is 42.5 Å². The molecular weight excluding hydrogens is 435 g/mol. The van der Waals surface area contributed by atoms with Gasteiger partial charge in [0.1, 0.15) is 6.54 Å². The number of alkyl halides is 3. The number of aryl methyl sites for hydroxylation is 1. The number of terminal acetylenes is 1. The maximum atomic E-state index is 12.5. The van der Waals surface area contributed by atoms with E-state index in [9.17, 15) is 31.2 Å². The Balaban J connectivity index is 2.15. The first-order valence-electron chi connectivity index (χ1n) is 8.73. The lowest BCUT2D eigenvalue weighted by atomic mass is 10.1. The lowest BCUT2D eigenvalue weighted by Crippen LogP contribution is -2.33. The predicted molar refractivity (Wildman–Crippen MR) is 108 cm³/mol. The van der Waals surface area contributed by atoms with E-state index in [1.807, 2.05) is 0 Å². The minimum atomic E-state index is -4.55. The van der Waals surface area contributed by atoms with Crippen molar-refractivity contribution >= 4 is 27.5 Å². The van der Waals surface area contributed by atoms with Crippen LogP contribution in [0.1, 0.15) is 26.3 Å². The van der Waals surface area contributed by atoms with Gasteiger partial charge in [-0.3, -0.25) is 9.59 Å². The van der Waals surface area contributed by atoms with Crippen LogP contribution in [0.15, 0.2) is 47.4 Å². The number of anilines is 1. The Kier molecular flexibility index (Phi) is 7.43. The SMILES string of the molecule is C#CCNS(=O)(=O)c1ccc(C(=O)Nc2cc(C(=O)NCC(F)(F)F)ccc2C)cc1. The first kappa shape index (κ1) is 23.9. The molecule has 0 spiro atoms. The Labute approximate surface area is 177 Å². The fourth-order valence-electron chi connectivity index (χ4n) is 2.38. The molecule has 3 N–H and O–H groups in total. The Hall–Kier alpha value is -3.36. The molecule has 0 heterocycles. The molecular formula is C20H18F3N3O4S. The number of sulfonamides is 1. The van der Waals surface area contributed by atoms with Crippen LogP contribution in [0.25, 0.3) is 0 Å². The summed E-state index contributed by atoms with van der Waals surface area (Å²) in [4.78, 5) is 24.3. The summed E-state index contributed by atoms with van der Waals surface area (Å²) in [6, 6.07) is 9.08. The lowest BCUT2D eigenvalue weighted by Gasteiger charge is -2.12. The Morgan fingerprint density at radius 1 is 1.03 bits per heavy atom. The maximum Gasteiger partial charge on any atom is 0.405 e. The summed E-state index contributed by atoms with van der Waals surface area (Å²) in [5.41, 5.74) is 0.851. The van der Waals surface area contributed by atoms with Crippen LogP contribution in [0.2, 0.25) is 0 Å². The van der Waals surface area contributed by atoms with E-state index < -0.39 is 34.6 Å². The van der Waals surface area contributed by atoms with E-state index in [0.717, 1.165) is 0 Å². The molecule has 11 heteroatoms. The van der Waals surface area contributed by atoms with Crippen molar-refractivity contribution in [3.05, 3.63) is 59.2 Å². The Morgan fingerprint density at radius 2 is 1.65 bits per heavy atom. The number of halogens is 3. The minimum Gasteiger partial charge on any atom is -0.343 e. The number of hydrogen-bond donors (Lipinski definition) is 3. The molecule has 31 heavy (non-hydrogen) atoms. The summed E-state index contributed by atoms with van der Waals surface area (Å²) >= 11 is 0. The Bertz CT molecular complexity index is 1120. The van der Waals surface area contributed by atoms with Crippen molar-refractivity contribution in [1.29, 1.82) is 0 Å². The first-order valence-corrected chi connectivity index (χ1v) is 10.2. The van der Waals surface area contributed by atoms with Crippen LogP contribution in [0.3, 0.4) is 0 Å². The van der Waals surface area contributed by atoms with Crippen LogP contribution in [0.4, 0.5) is 18.9 Å². The number of rotatable bonds is 7. The third-order valence-corrected chi connectivity index (χ3v) is 5.41. The van der Waals surface area contributed by atoms with Crippen molar-refractivity contribution in [2.24, 2.45) is 0 Å². The molecule has 0 saturated carbocycles. The molecule has 7 nitrogen and oxygen atoms in total. The van der Waals surface area contributed by atoms with Crippen LogP contribution in [0.5, 0.6) is 0 Å². The molecule has 0 aromatic heterocycles. The van der Waals surface area contributed by atoms with Gasteiger partial charge in [-0.25, -0.2) is 8.42 Å². The average molecular weight is 453 g/mol. The summed E-state index contributed by atoms with van der Waals surface area (Å²) in [5.74, 6) is 0.602. The van der Waals surface area contributed by atoms with Gasteiger partial charge in [-0.2, -0.15) is 17.9 Å². The van der Waals surface area contributed by atoms with Crippen LogP contribution < -0.4 is 15.4 Å². The van der Waals surface area contributed by atoms with Gasteiger partial charge < -0.3 is 10.6 Å². The van der Waals surface area contributed by atoms with Gasteiger partial charge in [0.2, 0.25) is 10.0 Å². The van der Waals surface area contributed by atoms with Crippen molar-refractivity contribution in [3.8, 4) is 12.3 Å². The Morgan fingerprint density at radius 3 is 2.23 bits per heavy atom. The fraction of sp³-hybridized carbons (Fsp3) is 0.200. The zero-order chi connectivity index (χ0) is 23.2. The van der Waals surface area contributed by atoms with Gasteiger partial charge in [0.05, 0.1) is 11.4 Å². The molecule has 2 aromatic rings. The van der Waals surface area contributed by atoms with Crippen molar-refractivity contribution in [2.75, 3.05) is 18.4 Å². The largest absolute Gasteiger partial charge is 0.405 e. The predicted octanol–water partition coefficient (Wildman–Crippen LogP) is 2.45. The molecule has 0 aliphatic heterocycles. The van der Waals surface area contributed by atoms with Gasteiger partial charge in [-0.1, -0.05) is 12.0 Å². The summed E-state index contributed by atoms with van der Waals surface area (Å²) in [6.45, 7) is -0.0244. The highest BCUT2D eigenvalue weighted by Gasteiger charge is 2.28. The van der Waals surface area contributed by atoms with Crippen LogP contribution >= 0.6 is 0 Å². The molecule has 0 atom stereocenters. The van der Waals surface area contributed by atoms with Crippen LogP contribution in [-0.2, 0) is 10.0 Å². The van der Waals surface area contributed by atoms with Crippen LogP contribution in [-0.4, -0.2) is 39.5 Å². The van der Waals surface area contributed by atoms with E-state index in [-0.39, 0.29) is 28.3 Å². The number of hydrogen-bond acceptors (Lipinski definition) is 4. The summed E-state index contributed by atoms with van der Waals surface area (Å²) in [6.07, 6.45) is 0.475. The van der Waals surface area contributed by atoms with Gasteiger partial charge in [0, 0.05) is 16.8 Å². The summed E-state index contributed by atoms with van der Waals surface area (Å²) in [5, 5.41) is 4.31. The molecule has 0 aliphatic rings. The zero-order valence-electron chi connectivity index (χ0n) is 16.2. The first-order chi connectivity index (χ1) is 14.4. The number of carbonyl (C=O) groups is 2. The summed E-state index contributed by atoms with van der Waals surface area (Å²) in [7, 11) is -3.81. The molecule has 0 bridgehead atoms. The number of amides is 2.